The van der Waals surface area contributed by atoms with E-state index in [1.807, 2.05) is 0 Å². The van der Waals surface area contributed by atoms with Crippen LogP contribution in [-0.2, 0) is 0 Å². The second-order valence-electron chi connectivity index (χ2n) is 2.19. The molecule has 1 aromatic carbocycles. The van der Waals surface area contributed by atoms with E-state index in [2.05, 4.69) is 0 Å². The van der Waals surface area contributed by atoms with E-state index in [9.17, 15) is 9.18 Å². The van der Waals surface area contributed by atoms with Gasteiger partial charge in [-0.3, -0.25) is 4.79 Å². The lowest BCUT2D eigenvalue weighted by molar-refractivity contribution is 0.108. The van der Waals surface area contributed by atoms with E-state index >= 15 is 0 Å². The lowest BCUT2D eigenvalue weighted by atomic mass is 10.1. The second kappa shape index (κ2) is 3.01. The molecule has 58 valence electrons. The Kier molecular flexibility index (Phi) is 2.25. The van der Waals surface area contributed by atoms with E-state index in [-0.39, 0.29) is 5.56 Å². The first-order valence-corrected chi connectivity index (χ1v) is 3.45. The highest BCUT2D eigenvalue weighted by molar-refractivity contribution is 6.67. The summed E-state index contributed by atoms with van der Waals surface area (Å²) in [6.07, 6.45) is 0. The number of hydrogen-bond donors (Lipinski definition) is 0. The molecule has 1 rings (SSSR count). The maximum Gasteiger partial charge on any atom is 0.252 e. The largest absolute Gasteiger partial charge is 0.276 e. The Hall–Kier alpha value is -0.890. The first-order valence-electron chi connectivity index (χ1n) is 3.08. The Bertz CT molecular complexity index is 296. The molecule has 0 spiro atoms. The summed E-state index contributed by atoms with van der Waals surface area (Å²) >= 11 is 5.17. The number of hydrogen-bond acceptors (Lipinski definition) is 1. The lowest BCUT2D eigenvalue weighted by Crippen LogP contribution is -1.95. The van der Waals surface area contributed by atoms with Crippen LogP contribution in [0.2, 0.25) is 0 Å². The van der Waals surface area contributed by atoms with E-state index in [4.69, 9.17) is 11.6 Å². The molecule has 0 fully saturated rings. The third kappa shape index (κ3) is 1.57. The Morgan fingerprint density at radius 2 is 2.18 bits per heavy atom. The van der Waals surface area contributed by atoms with Crippen molar-refractivity contribution in [2.75, 3.05) is 0 Å². The SMILES string of the molecule is Cc1c(F)cccc1C(=O)Cl. The van der Waals surface area contributed by atoms with Crippen molar-refractivity contribution in [3.63, 3.8) is 0 Å². The van der Waals surface area contributed by atoms with Gasteiger partial charge in [-0.25, -0.2) is 4.39 Å². The van der Waals surface area contributed by atoms with Crippen LogP contribution < -0.4 is 0 Å². The zero-order valence-electron chi connectivity index (χ0n) is 5.90. The summed E-state index contributed by atoms with van der Waals surface area (Å²) in [6.45, 7) is 1.52. The van der Waals surface area contributed by atoms with E-state index in [1.165, 1.54) is 25.1 Å². The molecular formula is C8H6ClFO. The van der Waals surface area contributed by atoms with Crippen LogP contribution in [0.15, 0.2) is 18.2 Å². The molecule has 0 N–H and O–H groups in total. The zero-order chi connectivity index (χ0) is 8.43. The van der Waals surface area contributed by atoms with Crippen LogP contribution in [0.5, 0.6) is 0 Å². The van der Waals surface area contributed by atoms with Crippen LogP contribution in [0.3, 0.4) is 0 Å². The van der Waals surface area contributed by atoms with Crippen molar-refractivity contribution in [1.29, 1.82) is 0 Å². The van der Waals surface area contributed by atoms with Crippen molar-refractivity contribution in [1.82, 2.24) is 0 Å². The van der Waals surface area contributed by atoms with E-state index in [1.54, 1.807) is 0 Å². The third-order valence-electron chi connectivity index (χ3n) is 1.48. The average molecular weight is 173 g/mol. The summed E-state index contributed by atoms with van der Waals surface area (Å²) in [5.74, 6) is -0.406. The van der Waals surface area contributed by atoms with Crippen LogP contribution >= 0.6 is 11.6 Å². The van der Waals surface area contributed by atoms with Gasteiger partial charge in [-0.1, -0.05) is 6.07 Å². The second-order valence-corrected chi connectivity index (χ2v) is 2.53. The normalized spacial score (nSPS) is 9.73. The van der Waals surface area contributed by atoms with Crippen LogP contribution in [0, 0.1) is 12.7 Å². The number of carbonyl (C=O) groups is 1. The van der Waals surface area contributed by atoms with E-state index < -0.39 is 11.1 Å². The van der Waals surface area contributed by atoms with Gasteiger partial charge in [-0.15, -0.1) is 0 Å². The molecule has 0 bridgehead atoms. The van der Waals surface area contributed by atoms with Gasteiger partial charge in [0.15, 0.2) is 0 Å². The van der Waals surface area contributed by atoms with Crippen molar-refractivity contribution in [3.8, 4) is 0 Å². The molecule has 11 heavy (non-hydrogen) atoms. The fraction of sp³-hybridized carbons (Fsp3) is 0.125. The summed E-state index contributed by atoms with van der Waals surface area (Å²) in [4.78, 5) is 10.6. The quantitative estimate of drug-likeness (QED) is 0.595. The van der Waals surface area contributed by atoms with Crippen molar-refractivity contribution in [2.24, 2.45) is 0 Å². The summed E-state index contributed by atoms with van der Waals surface area (Å²) < 4.78 is 12.7. The fourth-order valence-corrected chi connectivity index (χ4v) is 1.03. The molecule has 0 aromatic heterocycles. The lowest BCUT2D eigenvalue weighted by Gasteiger charge is -1.99. The van der Waals surface area contributed by atoms with Gasteiger partial charge in [-0.05, 0) is 36.2 Å². The summed E-state index contributed by atoms with van der Waals surface area (Å²) in [5, 5.41) is -0.623. The van der Waals surface area contributed by atoms with Gasteiger partial charge in [-0.2, -0.15) is 0 Å². The Morgan fingerprint density at radius 1 is 1.55 bits per heavy atom. The van der Waals surface area contributed by atoms with Crippen molar-refractivity contribution in [3.05, 3.63) is 35.1 Å². The van der Waals surface area contributed by atoms with Gasteiger partial charge in [0.25, 0.3) is 5.24 Å². The standard InChI is InChI=1S/C8H6ClFO/c1-5-6(8(9)11)3-2-4-7(5)10/h2-4H,1H3. The Labute approximate surface area is 68.8 Å². The monoisotopic (exact) mass is 172 g/mol. The van der Waals surface area contributed by atoms with Gasteiger partial charge in [0.2, 0.25) is 0 Å². The number of carbonyl (C=O) groups excluding carboxylic acids is 1. The Morgan fingerprint density at radius 3 is 2.64 bits per heavy atom. The summed E-state index contributed by atoms with van der Waals surface area (Å²) in [5.41, 5.74) is 0.527. The highest BCUT2D eigenvalue weighted by Crippen LogP contribution is 2.13. The molecule has 3 heteroatoms. The molecule has 0 unspecified atom stereocenters. The van der Waals surface area contributed by atoms with Crippen LogP contribution in [0.25, 0.3) is 0 Å². The minimum Gasteiger partial charge on any atom is -0.276 e. The van der Waals surface area contributed by atoms with Crippen molar-refractivity contribution >= 4 is 16.8 Å². The molecule has 0 radical (unpaired) electrons. The topological polar surface area (TPSA) is 17.1 Å². The van der Waals surface area contributed by atoms with Crippen molar-refractivity contribution in [2.45, 2.75) is 6.92 Å². The highest BCUT2D eigenvalue weighted by atomic mass is 35.5. The molecule has 0 amide bonds. The zero-order valence-corrected chi connectivity index (χ0v) is 6.65. The molecule has 0 atom stereocenters. The minimum atomic E-state index is -0.623. The minimum absolute atomic E-state index is 0.228. The number of halogens is 2. The summed E-state index contributed by atoms with van der Waals surface area (Å²) in [7, 11) is 0. The number of rotatable bonds is 1. The fourth-order valence-electron chi connectivity index (χ4n) is 0.820. The molecular weight excluding hydrogens is 167 g/mol. The molecule has 1 aromatic rings. The van der Waals surface area contributed by atoms with Crippen LogP contribution in [0.4, 0.5) is 4.39 Å². The predicted octanol–water partition coefficient (Wildman–Crippen LogP) is 2.51. The maximum atomic E-state index is 12.7. The van der Waals surface area contributed by atoms with E-state index in [0.29, 0.717) is 5.56 Å². The van der Waals surface area contributed by atoms with Gasteiger partial charge >= 0.3 is 0 Å². The molecule has 0 aliphatic heterocycles. The van der Waals surface area contributed by atoms with Crippen LogP contribution in [0.1, 0.15) is 15.9 Å². The van der Waals surface area contributed by atoms with Gasteiger partial charge < -0.3 is 0 Å². The van der Waals surface area contributed by atoms with Gasteiger partial charge in [0.05, 0.1) is 0 Å². The first kappa shape index (κ1) is 8.21. The first-order chi connectivity index (χ1) is 5.13. The molecule has 0 heterocycles. The third-order valence-corrected chi connectivity index (χ3v) is 1.68. The Balaban J connectivity index is 3.27. The van der Waals surface area contributed by atoms with Crippen molar-refractivity contribution < 1.29 is 9.18 Å². The molecule has 1 nitrogen and oxygen atoms in total. The highest BCUT2D eigenvalue weighted by Gasteiger charge is 2.07. The molecule has 0 saturated carbocycles. The van der Waals surface area contributed by atoms with Gasteiger partial charge in [0.1, 0.15) is 5.82 Å². The van der Waals surface area contributed by atoms with Gasteiger partial charge in [0, 0.05) is 5.56 Å². The predicted molar refractivity (Wildman–Crippen MR) is 41.3 cm³/mol. The van der Waals surface area contributed by atoms with E-state index in [0.717, 1.165) is 0 Å². The van der Waals surface area contributed by atoms with Crippen LogP contribution in [-0.4, -0.2) is 5.24 Å². The molecule has 0 aliphatic carbocycles. The maximum absolute atomic E-state index is 12.7. The summed E-state index contributed by atoms with van der Waals surface area (Å²) in [6, 6.07) is 4.24. The average Bonchev–Trinajstić information content (AvgIpc) is 1.94. The molecule has 0 aliphatic rings. The smallest absolute Gasteiger partial charge is 0.252 e. The number of benzene rings is 1. The molecule has 0 saturated heterocycles.